The number of hydrogen-bond acceptors (Lipinski definition) is 5. The van der Waals surface area contributed by atoms with Crippen LogP contribution in [0.25, 0.3) is 0 Å². The van der Waals surface area contributed by atoms with Gasteiger partial charge in [-0.05, 0) is 49.1 Å². The van der Waals surface area contributed by atoms with Gasteiger partial charge in [0.15, 0.2) is 0 Å². The van der Waals surface area contributed by atoms with Crippen LogP contribution in [0.2, 0.25) is 10.0 Å². The van der Waals surface area contributed by atoms with E-state index in [0.29, 0.717) is 5.75 Å². The third-order valence-corrected chi connectivity index (χ3v) is 7.60. The Balaban J connectivity index is 1.69. The summed E-state index contributed by atoms with van der Waals surface area (Å²) in [6.07, 6.45) is 2.67. The molecule has 0 radical (unpaired) electrons. The van der Waals surface area contributed by atoms with Crippen LogP contribution < -0.4 is 15.6 Å². The molecule has 0 saturated carbocycles. The van der Waals surface area contributed by atoms with E-state index in [4.69, 9.17) is 38.8 Å². The Hall–Kier alpha value is -1.35. The van der Waals surface area contributed by atoms with E-state index in [1.807, 2.05) is 12.1 Å². The van der Waals surface area contributed by atoms with Crippen LogP contribution in [0, 0.1) is 0 Å². The van der Waals surface area contributed by atoms with Crippen molar-refractivity contribution in [2.75, 3.05) is 13.1 Å². The molecular weight excluding hydrogens is 433 g/mol. The second kappa shape index (κ2) is 8.06. The Kier molecular flexibility index (Phi) is 5.81. The van der Waals surface area contributed by atoms with Crippen molar-refractivity contribution in [2.24, 2.45) is 10.9 Å². The molecule has 2 aromatic rings. The standard InChI is InChI=1S/C20H23Cl2N3O3S/c21-18-16(7-8-17(19(18)22)29(24,26)27)28-20-14-6-2-1-4-12(14)10-15(20)25-9-3-5-13(23)11-25/h1-2,4,6-8,13,15,20H,3,5,9-11,23H2,(H2,24,26,27)/t13-,15+,20+/m0/s1. The van der Waals surface area contributed by atoms with Gasteiger partial charge in [-0.15, -0.1) is 0 Å². The number of ether oxygens (including phenoxy) is 1. The van der Waals surface area contributed by atoms with Crippen molar-refractivity contribution in [3.8, 4) is 5.75 Å². The third-order valence-electron chi connectivity index (χ3n) is 5.67. The Morgan fingerprint density at radius 1 is 1.10 bits per heavy atom. The molecule has 1 heterocycles. The van der Waals surface area contributed by atoms with Gasteiger partial charge in [-0.3, -0.25) is 4.90 Å². The fourth-order valence-corrected chi connectivity index (χ4v) is 5.66. The van der Waals surface area contributed by atoms with Gasteiger partial charge in [0.1, 0.15) is 21.8 Å². The van der Waals surface area contributed by atoms with Crippen LogP contribution in [0.1, 0.15) is 30.1 Å². The first-order valence-electron chi connectivity index (χ1n) is 9.50. The maximum Gasteiger partial charge on any atom is 0.239 e. The number of benzene rings is 2. The summed E-state index contributed by atoms with van der Waals surface area (Å²) in [6.45, 7) is 1.78. The highest BCUT2D eigenvalue weighted by Crippen LogP contribution is 2.43. The molecule has 1 aliphatic heterocycles. The molecule has 0 amide bonds. The summed E-state index contributed by atoms with van der Waals surface area (Å²) < 4.78 is 29.7. The summed E-state index contributed by atoms with van der Waals surface area (Å²) in [5.41, 5.74) is 8.53. The molecule has 3 atom stereocenters. The Bertz CT molecular complexity index is 1030. The van der Waals surface area contributed by atoms with Crippen LogP contribution >= 0.6 is 23.2 Å². The molecule has 0 bridgehead atoms. The molecule has 6 nitrogen and oxygen atoms in total. The van der Waals surface area contributed by atoms with Crippen LogP contribution in [-0.2, 0) is 16.4 Å². The molecule has 29 heavy (non-hydrogen) atoms. The summed E-state index contributed by atoms with van der Waals surface area (Å²) in [5, 5.41) is 5.11. The lowest BCUT2D eigenvalue weighted by Crippen LogP contribution is -2.49. The molecule has 2 aromatic carbocycles. The average Bonchev–Trinajstić information content (AvgIpc) is 3.03. The predicted octanol–water partition coefficient (Wildman–Crippen LogP) is 3.11. The lowest BCUT2D eigenvalue weighted by Gasteiger charge is -2.38. The van der Waals surface area contributed by atoms with E-state index in [2.05, 4.69) is 17.0 Å². The predicted molar refractivity (Wildman–Crippen MR) is 114 cm³/mol. The Morgan fingerprint density at radius 3 is 2.59 bits per heavy atom. The van der Waals surface area contributed by atoms with E-state index < -0.39 is 10.0 Å². The first-order chi connectivity index (χ1) is 13.8. The zero-order valence-electron chi connectivity index (χ0n) is 15.7. The van der Waals surface area contributed by atoms with Crippen molar-refractivity contribution in [2.45, 2.75) is 42.3 Å². The molecule has 1 fully saturated rings. The van der Waals surface area contributed by atoms with E-state index in [0.717, 1.165) is 37.9 Å². The van der Waals surface area contributed by atoms with E-state index in [9.17, 15) is 8.42 Å². The largest absolute Gasteiger partial charge is 0.482 e. The SMILES string of the molecule is N[C@H]1CCCN([C@@H]2Cc3ccccc3[C@H]2Oc2ccc(S(N)(=O)=O)c(Cl)c2Cl)C1. The normalized spacial score (nSPS) is 25.0. The van der Waals surface area contributed by atoms with E-state index in [1.165, 1.54) is 17.7 Å². The number of piperidine rings is 1. The van der Waals surface area contributed by atoms with Crippen molar-refractivity contribution in [1.29, 1.82) is 0 Å². The molecule has 0 unspecified atom stereocenters. The highest BCUT2D eigenvalue weighted by atomic mass is 35.5. The fourth-order valence-electron chi connectivity index (χ4n) is 4.30. The van der Waals surface area contributed by atoms with Gasteiger partial charge in [-0.2, -0.15) is 0 Å². The van der Waals surface area contributed by atoms with Crippen molar-refractivity contribution in [3.05, 3.63) is 57.6 Å². The van der Waals surface area contributed by atoms with Crippen LogP contribution in [-0.4, -0.2) is 38.5 Å². The van der Waals surface area contributed by atoms with Crippen molar-refractivity contribution < 1.29 is 13.2 Å². The molecule has 156 valence electrons. The zero-order valence-corrected chi connectivity index (χ0v) is 18.1. The zero-order chi connectivity index (χ0) is 20.8. The van der Waals surface area contributed by atoms with E-state index >= 15 is 0 Å². The van der Waals surface area contributed by atoms with Gasteiger partial charge in [-0.1, -0.05) is 47.5 Å². The lowest BCUT2D eigenvalue weighted by atomic mass is 10.0. The highest BCUT2D eigenvalue weighted by Gasteiger charge is 2.39. The highest BCUT2D eigenvalue weighted by molar-refractivity contribution is 7.89. The number of fused-ring (bicyclic) bond motifs is 1. The number of rotatable bonds is 4. The van der Waals surface area contributed by atoms with Crippen molar-refractivity contribution in [3.63, 3.8) is 0 Å². The van der Waals surface area contributed by atoms with Gasteiger partial charge < -0.3 is 10.5 Å². The van der Waals surface area contributed by atoms with Gasteiger partial charge in [0.05, 0.1) is 11.1 Å². The fraction of sp³-hybridized carbons (Fsp3) is 0.400. The van der Waals surface area contributed by atoms with Crippen molar-refractivity contribution in [1.82, 2.24) is 4.90 Å². The van der Waals surface area contributed by atoms with E-state index in [-0.39, 0.29) is 33.1 Å². The minimum Gasteiger partial charge on any atom is -0.482 e. The van der Waals surface area contributed by atoms with Crippen LogP contribution in [0.15, 0.2) is 41.3 Å². The van der Waals surface area contributed by atoms with Crippen LogP contribution in [0.4, 0.5) is 0 Å². The molecule has 0 spiro atoms. The molecule has 2 aliphatic rings. The van der Waals surface area contributed by atoms with Gasteiger partial charge in [0.2, 0.25) is 10.0 Å². The third kappa shape index (κ3) is 4.13. The molecule has 4 N–H and O–H groups in total. The number of halogens is 2. The Labute approximate surface area is 180 Å². The topological polar surface area (TPSA) is 98.6 Å². The number of sulfonamides is 1. The summed E-state index contributed by atoms with van der Waals surface area (Å²) in [4.78, 5) is 2.16. The van der Waals surface area contributed by atoms with Crippen LogP contribution in [0.3, 0.4) is 0 Å². The summed E-state index contributed by atoms with van der Waals surface area (Å²) in [6, 6.07) is 11.3. The van der Waals surface area contributed by atoms with Gasteiger partial charge in [0, 0.05) is 12.6 Å². The number of hydrogen-bond donors (Lipinski definition) is 2. The lowest BCUT2D eigenvalue weighted by molar-refractivity contribution is 0.0593. The molecule has 1 saturated heterocycles. The second-order valence-electron chi connectivity index (χ2n) is 7.64. The summed E-state index contributed by atoms with van der Waals surface area (Å²) in [7, 11) is -3.98. The number of likely N-dealkylation sites (tertiary alicyclic amines) is 1. The smallest absolute Gasteiger partial charge is 0.239 e. The molecule has 4 rings (SSSR count). The quantitative estimate of drug-likeness (QED) is 0.737. The molecule has 9 heteroatoms. The first kappa shape index (κ1) is 20.9. The second-order valence-corrected chi connectivity index (χ2v) is 9.93. The summed E-state index contributed by atoms with van der Waals surface area (Å²) >= 11 is 12.5. The molecule has 1 aliphatic carbocycles. The Morgan fingerprint density at radius 2 is 1.86 bits per heavy atom. The molecular formula is C20H23Cl2N3O3S. The van der Waals surface area contributed by atoms with Gasteiger partial charge in [-0.25, -0.2) is 13.6 Å². The number of nitrogens with two attached hydrogens (primary N) is 2. The van der Waals surface area contributed by atoms with Crippen LogP contribution in [0.5, 0.6) is 5.75 Å². The van der Waals surface area contributed by atoms with E-state index in [1.54, 1.807) is 0 Å². The van der Waals surface area contributed by atoms with Crippen molar-refractivity contribution >= 4 is 33.2 Å². The summed E-state index contributed by atoms with van der Waals surface area (Å²) in [5.74, 6) is 0.331. The minimum absolute atomic E-state index is 0.0386. The average molecular weight is 456 g/mol. The van der Waals surface area contributed by atoms with Gasteiger partial charge in [0.25, 0.3) is 0 Å². The number of primary sulfonamides is 1. The molecule has 0 aromatic heterocycles. The number of nitrogens with zero attached hydrogens (tertiary/aromatic N) is 1. The first-order valence-corrected chi connectivity index (χ1v) is 11.8. The van der Waals surface area contributed by atoms with Gasteiger partial charge >= 0.3 is 0 Å². The minimum atomic E-state index is -3.98. The monoisotopic (exact) mass is 455 g/mol. The maximum absolute atomic E-state index is 11.7. The maximum atomic E-state index is 11.7.